The molecule has 15 heavy (non-hydrogen) atoms. The molecule has 2 unspecified atom stereocenters. The first-order valence-corrected chi connectivity index (χ1v) is 5.25. The van der Waals surface area contributed by atoms with Gasteiger partial charge in [-0.05, 0) is 18.1 Å². The largest absolute Gasteiger partial charge is 0.486 e. The summed E-state index contributed by atoms with van der Waals surface area (Å²) in [6, 6.07) is 7.52. The number of aliphatic hydroxyl groups is 1. The number of fused-ring (bicyclic) bond motifs is 1. The van der Waals surface area contributed by atoms with Gasteiger partial charge in [0.2, 0.25) is 0 Å². The molecule has 0 saturated heterocycles. The molecule has 0 aliphatic carbocycles. The molecule has 1 aromatic carbocycles. The van der Waals surface area contributed by atoms with Crippen molar-refractivity contribution < 1.29 is 14.6 Å². The average molecular weight is 208 g/mol. The lowest BCUT2D eigenvalue weighted by atomic mass is 10.0. The number of para-hydroxylation sites is 2. The molecule has 0 amide bonds. The summed E-state index contributed by atoms with van der Waals surface area (Å²) in [5.41, 5.74) is 0. The van der Waals surface area contributed by atoms with Crippen LogP contribution in [0.25, 0.3) is 0 Å². The van der Waals surface area contributed by atoms with Crippen molar-refractivity contribution in [3.63, 3.8) is 0 Å². The summed E-state index contributed by atoms with van der Waals surface area (Å²) in [5, 5.41) is 9.87. The van der Waals surface area contributed by atoms with Crippen LogP contribution in [-0.4, -0.2) is 23.9 Å². The van der Waals surface area contributed by atoms with Crippen molar-refractivity contribution in [3.8, 4) is 11.5 Å². The van der Waals surface area contributed by atoms with Crippen LogP contribution in [0.5, 0.6) is 11.5 Å². The van der Waals surface area contributed by atoms with E-state index in [1.807, 2.05) is 38.1 Å². The molecule has 2 atom stereocenters. The van der Waals surface area contributed by atoms with Gasteiger partial charge in [0, 0.05) is 0 Å². The van der Waals surface area contributed by atoms with Crippen molar-refractivity contribution in [1.29, 1.82) is 0 Å². The predicted molar refractivity (Wildman–Crippen MR) is 57.2 cm³/mol. The first-order valence-electron chi connectivity index (χ1n) is 5.25. The van der Waals surface area contributed by atoms with E-state index in [4.69, 9.17) is 9.47 Å². The summed E-state index contributed by atoms with van der Waals surface area (Å²) in [7, 11) is 0. The van der Waals surface area contributed by atoms with Crippen LogP contribution in [0.1, 0.15) is 13.8 Å². The lowest BCUT2D eigenvalue weighted by molar-refractivity contribution is -0.0312. The summed E-state index contributed by atoms with van der Waals surface area (Å²) < 4.78 is 11.2. The highest BCUT2D eigenvalue weighted by Crippen LogP contribution is 2.32. The van der Waals surface area contributed by atoms with Gasteiger partial charge in [-0.25, -0.2) is 0 Å². The quantitative estimate of drug-likeness (QED) is 0.806. The Morgan fingerprint density at radius 2 is 1.93 bits per heavy atom. The SMILES string of the molecule is CC(C)C(O)C1COc2ccccc2O1. The van der Waals surface area contributed by atoms with E-state index in [1.54, 1.807) is 0 Å². The van der Waals surface area contributed by atoms with Crippen molar-refractivity contribution in [3.05, 3.63) is 24.3 Å². The zero-order valence-corrected chi connectivity index (χ0v) is 9.01. The molecule has 0 fully saturated rings. The van der Waals surface area contributed by atoms with Gasteiger partial charge in [-0.1, -0.05) is 26.0 Å². The van der Waals surface area contributed by atoms with Gasteiger partial charge in [0.25, 0.3) is 0 Å². The molecule has 1 N–H and O–H groups in total. The Morgan fingerprint density at radius 1 is 1.27 bits per heavy atom. The van der Waals surface area contributed by atoms with Crippen LogP contribution in [0.4, 0.5) is 0 Å². The van der Waals surface area contributed by atoms with Crippen LogP contribution in [-0.2, 0) is 0 Å². The molecule has 1 aliphatic heterocycles. The monoisotopic (exact) mass is 208 g/mol. The molecule has 0 saturated carbocycles. The van der Waals surface area contributed by atoms with Gasteiger partial charge in [0.1, 0.15) is 6.61 Å². The minimum atomic E-state index is -0.488. The molecule has 0 bridgehead atoms. The molecule has 1 heterocycles. The maximum atomic E-state index is 9.87. The number of rotatable bonds is 2. The Kier molecular flexibility index (Phi) is 2.82. The number of hydrogen-bond acceptors (Lipinski definition) is 3. The third kappa shape index (κ3) is 2.07. The minimum absolute atomic E-state index is 0.170. The van der Waals surface area contributed by atoms with E-state index >= 15 is 0 Å². The van der Waals surface area contributed by atoms with Gasteiger partial charge >= 0.3 is 0 Å². The minimum Gasteiger partial charge on any atom is -0.486 e. The fourth-order valence-electron chi connectivity index (χ4n) is 1.63. The van der Waals surface area contributed by atoms with Crippen molar-refractivity contribution in [2.24, 2.45) is 5.92 Å². The molecular formula is C12H16O3. The molecule has 82 valence electrons. The fraction of sp³-hybridized carbons (Fsp3) is 0.500. The summed E-state index contributed by atoms with van der Waals surface area (Å²) in [4.78, 5) is 0. The molecule has 1 aliphatic rings. The van der Waals surface area contributed by atoms with Crippen LogP contribution in [0.2, 0.25) is 0 Å². The molecule has 0 spiro atoms. The van der Waals surface area contributed by atoms with Gasteiger partial charge in [-0.3, -0.25) is 0 Å². The first-order chi connectivity index (χ1) is 7.18. The van der Waals surface area contributed by atoms with Crippen molar-refractivity contribution in [1.82, 2.24) is 0 Å². The first kappa shape index (κ1) is 10.3. The van der Waals surface area contributed by atoms with E-state index in [2.05, 4.69) is 0 Å². The maximum absolute atomic E-state index is 9.87. The van der Waals surface area contributed by atoms with Crippen LogP contribution in [0, 0.1) is 5.92 Å². The Hall–Kier alpha value is -1.22. The van der Waals surface area contributed by atoms with E-state index < -0.39 is 6.10 Å². The molecular weight excluding hydrogens is 192 g/mol. The third-order valence-electron chi connectivity index (χ3n) is 2.59. The van der Waals surface area contributed by atoms with Gasteiger partial charge in [0.05, 0.1) is 6.10 Å². The lowest BCUT2D eigenvalue weighted by Crippen LogP contribution is -2.42. The Bertz CT molecular complexity index is 335. The Balaban J connectivity index is 2.12. The van der Waals surface area contributed by atoms with E-state index in [0.29, 0.717) is 12.4 Å². The average Bonchev–Trinajstić information content (AvgIpc) is 2.27. The van der Waals surface area contributed by atoms with Crippen LogP contribution in [0.3, 0.4) is 0 Å². The third-order valence-corrected chi connectivity index (χ3v) is 2.59. The van der Waals surface area contributed by atoms with Gasteiger partial charge < -0.3 is 14.6 Å². The Morgan fingerprint density at radius 3 is 2.60 bits per heavy atom. The summed E-state index contributed by atoms with van der Waals surface area (Å²) >= 11 is 0. The second-order valence-electron chi connectivity index (χ2n) is 4.15. The number of benzene rings is 1. The highest BCUT2D eigenvalue weighted by atomic mass is 16.6. The van der Waals surface area contributed by atoms with Crippen molar-refractivity contribution in [2.75, 3.05) is 6.61 Å². The Labute approximate surface area is 89.6 Å². The smallest absolute Gasteiger partial charge is 0.161 e. The van der Waals surface area contributed by atoms with Gasteiger partial charge in [0.15, 0.2) is 17.6 Å². The predicted octanol–water partition coefficient (Wildman–Crippen LogP) is 1.84. The zero-order chi connectivity index (χ0) is 10.8. The number of ether oxygens (including phenoxy) is 2. The normalized spacial score (nSPS) is 21.5. The van der Waals surface area contributed by atoms with Crippen molar-refractivity contribution >= 4 is 0 Å². The summed E-state index contributed by atoms with van der Waals surface area (Å²) in [6.07, 6.45) is -0.752. The molecule has 0 aromatic heterocycles. The molecule has 2 rings (SSSR count). The fourth-order valence-corrected chi connectivity index (χ4v) is 1.63. The number of hydrogen-bond donors (Lipinski definition) is 1. The molecule has 3 heteroatoms. The van der Waals surface area contributed by atoms with Crippen LogP contribution >= 0.6 is 0 Å². The second-order valence-corrected chi connectivity index (χ2v) is 4.15. The second kappa shape index (κ2) is 4.11. The van der Waals surface area contributed by atoms with E-state index in [-0.39, 0.29) is 12.0 Å². The van der Waals surface area contributed by atoms with Crippen LogP contribution < -0.4 is 9.47 Å². The standard InChI is InChI=1S/C12H16O3/c1-8(2)12(13)11-7-14-9-5-3-4-6-10(9)15-11/h3-6,8,11-13H,7H2,1-2H3. The van der Waals surface area contributed by atoms with Gasteiger partial charge in [-0.15, -0.1) is 0 Å². The molecule has 3 nitrogen and oxygen atoms in total. The van der Waals surface area contributed by atoms with Gasteiger partial charge in [-0.2, -0.15) is 0 Å². The van der Waals surface area contributed by atoms with E-state index in [1.165, 1.54) is 0 Å². The molecule has 0 radical (unpaired) electrons. The zero-order valence-electron chi connectivity index (χ0n) is 9.01. The van der Waals surface area contributed by atoms with Crippen LogP contribution in [0.15, 0.2) is 24.3 Å². The van der Waals surface area contributed by atoms with E-state index in [9.17, 15) is 5.11 Å². The van der Waals surface area contributed by atoms with E-state index in [0.717, 1.165) is 5.75 Å². The highest BCUT2D eigenvalue weighted by Gasteiger charge is 2.29. The summed E-state index contributed by atoms with van der Waals surface area (Å²) in [6.45, 7) is 4.35. The maximum Gasteiger partial charge on any atom is 0.161 e. The summed E-state index contributed by atoms with van der Waals surface area (Å²) in [5.74, 6) is 1.64. The topological polar surface area (TPSA) is 38.7 Å². The molecule has 1 aromatic rings. The number of aliphatic hydroxyl groups excluding tert-OH is 1. The van der Waals surface area contributed by atoms with Crippen molar-refractivity contribution in [2.45, 2.75) is 26.1 Å². The highest BCUT2D eigenvalue weighted by molar-refractivity contribution is 5.40. The lowest BCUT2D eigenvalue weighted by Gasteiger charge is -2.31.